The van der Waals surface area contributed by atoms with Crippen molar-refractivity contribution in [1.82, 2.24) is 20.4 Å². The van der Waals surface area contributed by atoms with Crippen LogP contribution in [0.1, 0.15) is 43.6 Å². The van der Waals surface area contributed by atoms with Gasteiger partial charge in [0.15, 0.2) is 0 Å². The van der Waals surface area contributed by atoms with Crippen LogP contribution in [0.4, 0.5) is 0 Å². The predicted molar refractivity (Wildman–Crippen MR) is 105 cm³/mol. The number of benzene rings is 1. The van der Waals surface area contributed by atoms with Gasteiger partial charge in [0.1, 0.15) is 5.54 Å². The fourth-order valence-electron chi connectivity index (χ4n) is 4.46. The van der Waals surface area contributed by atoms with E-state index in [2.05, 4.69) is 40.0 Å². The van der Waals surface area contributed by atoms with Gasteiger partial charge in [-0.1, -0.05) is 36.8 Å². The number of rotatable bonds is 4. The molecule has 2 N–H and O–H groups in total. The molecule has 26 heavy (non-hydrogen) atoms. The van der Waals surface area contributed by atoms with Crippen LogP contribution in [0.25, 0.3) is 0 Å². The van der Waals surface area contributed by atoms with Gasteiger partial charge in [-0.15, -0.1) is 12.4 Å². The number of amides is 1. The third-order valence-electron chi connectivity index (χ3n) is 5.86. The second kappa shape index (κ2) is 8.23. The third-order valence-corrected chi connectivity index (χ3v) is 5.86. The van der Waals surface area contributed by atoms with Crippen LogP contribution in [0.3, 0.4) is 0 Å². The fourth-order valence-corrected chi connectivity index (χ4v) is 4.46. The van der Waals surface area contributed by atoms with Crippen LogP contribution in [0.5, 0.6) is 0 Å². The van der Waals surface area contributed by atoms with Crippen molar-refractivity contribution in [3.05, 3.63) is 54.4 Å². The van der Waals surface area contributed by atoms with E-state index in [0.29, 0.717) is 5.92 Å². The average Bonchev–Trinajstić information content (AvgIpc) is 3.35. The molecule has 1 aromatic carbocycles. The number of hydrogen-bond acceptors (Lipinski definition) is 3. The molecule has 0 radical (unpaired) electrons. The molecule has 0 spiro atoms. The highest BCUT2D eigenvalue weighted by molar-refractivity contribution is 5.85. The molecule has 1 amide bonds. The van der Waals surface area contributed by atoms with E-state index >= 15 is 0 Å². The van der Waals surface area contributed by atoms with E-state index in [1.54, 1.807) is 6.20 Å². The zero-order valence-corrected chi connectivity index (χ0v) is 15.8. The molecule has 1 saturated heterocycles. The van der Waals surface area contributed by atoms with Gasteiger partial charge in [-0.2, -0.15) is 5.10 Å². The third kappa shape index (κ3) is 3.51. The summed E-state index contributed by atoms with van der Waals surface area (Å²) in [6, 6.07) is 12.7. The number of nitrogens with one attached hydrogen (secondary N) is 2. The van der Waals surface area contributed by atoms with Crippen molar-refractivity contribution < 1.29 is 4.79 Å². The molecule has 2 heterocycles. The first-order chi connectivity index (χ1) is 12.3. The van der Waals surface area contributed by atoms with E-state index in [9.17, 15) is 4.79 Å². The van der Waals surface area contributed by atoms with Gasteiger partial charge in [-0.3, -0.25) is 9.48 Å². The zero-order valence-electron chi connectivity index (χ0n) is 14.9. The second-order valence-corrected chi connectivity index (χ2v) is 7.26. The van der Waals surface area contributed by atoms with Crippen molar-refractivity contribution >= 4 is 18.3 Å². The summed E-state index contributed by atoms with van der Waals surface area (Å²) in [6.07, 6.45) is 8.62. The van der Waals surface area contributed by atoms with Gasteiger partial charge in [0.05, 0.1) is 0 Å². The van der Waals surface area contributed by atoms with Crippen LogP contribution in [0, 0.1) is 0 Å². The Hall–Kier alpha value is -1.85. The number of carbonyl (C=O) groups is 1. The number of carbonyl (C=O) groups excluding carboxylic acids is 1. The Morgan fingerprint density at radius 3 is 2.62 bits per heavy atom. The number of hydrogen-bond donors (Lipinski definition) is 2. The number of aromatic nitrogens is 2. The van der Waals surface area contributed by atoms with E-state index in [-0.39, 0.29) is 24.4 Å². The maximum absolute atomic E-state index is 13.4. The summed E-state index contributed by atoms with van der Waals surface area (Å²) in [5.41, 5.74) is 0.780. The van der Waals surface area contributed by atoms with Crippen LogP contribution in [-0.2, 0) is 10.3 Å². The smallest absolute Gasteiger partial charge is 0.248 e. The first-order valence-corrected chi connectivity index (χ1v) is 9.36. The number of nitrogens with zero attached hydrogens (tertiary/aromatic N) is 2. The normalized spacial score (nSPS) is 24.6. The van der Waals surface area contributed by atoms with Gasteiger partial charge < -0.3 is 10.6 Å². The van der Waals surface area contributed by atoms with E-state index in [4.69, 9.17) is 0 Å². The largest absolute Gasteiger partial charge is 0.351 e. The predicted octanol–water partition coefficient (Wildman–Crippen LogP) is 2.84. The quantitative estimate of drug-likeness (QED) is 0.865. The molecule has 5 nitrogen and oxygen atoms in total. The summed E-state index contributed by atoms with van der Waals surface area (Å²) < 4.78 is 1.87. The first-order valence-electron chi connectivity index (χ1n) is 9.36. The maximum Gasteiger partial charge on any atom is 0.248 e. The van der Waals surface area contributed by atoms with Gasteiger partial charge in [0.2, 0.25) is 5.91 Å². The van der Waals surface area contributed by atoms with Crippen LogP contribution in [0.2, 0.25) is 0 Å². The molecule has 2 atom stereocenters. The van der Waals surface area contributed by atoms with Crippen LogP contribution < -0.4 is 10.6 Å². The number of piperidine rings is 1. The highest BCUT2D eigenvalue weighted by Crippen LogP contribution is 2.36. The summed E-state index contributed by atoms with van der Waals surface area (Å²) in [4.78, 5) is 13.4. The summed E-state index contributed by atoms with van der Waals surface area (Å²) >= 11 is 0. The lowest BCUT2D eigenvalue weighted by Crippen LogP contribution is -2.56. The van der Waals surface area contributed by atoms with Crippen LogP contribution in [-0.4, -0.2) is 34.8 Å². The Balaban J connectivity index is 0.00000196. The monoisotopic (exact) mass is 374 g/mol. The SMILES string of the molecule is Cl.O=C(NC1CCCC1c1ccccc1)C1(n2cccn2)CCNCC1. The molecular formula is C20H27ClN4O. The lowest BCUT2D eigenvalue weighted by atomic mass is 9.86. The van der Waals surface area contributed by atoms with E-state index in [1.165, 1.54) is 12.0 Å². The fraction of sp³-hybridized carbons (Fsp3) is 0.500. The molecule has 2 aliphatic rings. The molecule has 1 aliphatic heterocycles. The van der Waals surface area contributed by atoms with Crippen molar-refractivity contribution in [2.45, 2.75) is 49.6 Å². The molecule has 140 valence electrons. The first kappa shape index (κ1) is 18.9. The lowest BCUT2D eigenvalue weighted by molar-refractivity contribution is -0.132. The Bertz CT molecular complexity index is 698. The average molecular weight is 375 g/mol. The Morgan fingerprint density at radius 2 is 1.92 bits per heavy atom. The minimum absolute atomic E-state index is 0. The molecule has 6 heteroatoms. The standard InChI is InChI=1S/C20H26N4O.ClH/c25-19(20(10-13-21-14-11-20)24-15-5-12-22-24)23-18-9-4-8-17(18)16-6-2-1-3-7-16;/h1-3,5-7,12,15,17-18,21H,4,8-11,13-14H2,(H,23,25);1H. The van der Waals surface area contributed by atoms with Gasteiger partial charge >= 0.3 is 0 Å². The molecule has 4 rings (SSSR count). The van der Waals surface area contributed by atoms with Crippen molar-refractivity contribution in [3.63, 3.8) is 0 Å². The Morgan fingerprint density at radius 1 is 1.15 bits per heavy atom. The molecule has 2 aromatic rings. The molecular weight excluding hydrogens is 348 g/mol. The van der Waals surface area contributed by atoms with Gasteiger partial charge in [0.25, 0.3) is 0 Å². The van der Waals surface area contributed by atoms with Crippen molar-refractivity contribution in [2.24, 2.45) is 0 Å². The summed E-state index contributed by atoms with van der Waals surface area (Å²) in [6.45, 7) is 1.69. The highest BCUT2D eigenvalue weighted by Gasteiger charge is 2.43. The molecule has 2 unspecified atom stereocenters. The summed E-state index contributed by atoms with van der Waals surface area (Å²) in [7, 11) is 0. The van der Waals surface area contributed by atoms with Gasteiger partial charge in [0, 0.05) is 24.4 Å². The molecule has 1 aromatic heterocycles. The lowest BCUT2D eigenvalue weighted by Gasteiger charge is -2.38. The molecule has 0 bridgehead atoms. The molecule has 1 aliphatic carbocycles. The van der Waals surface area contributed by atoms with E-state index < -0.39 is 5.54 Å². The van der Waals surface area contributed by atoms with Gasteiger partial charge in [-0.25, -0.2) is 0 Å². The summed E-state index contributed by atoms with van der Waals surface area (Å²) in [5, 5.41) is 11.2. The van der Waals surface area contributed by atoms with E-state index in [0.717, 1.165) is 38.8 Å². The molecule has 2 fully saturated rings. The van der Waals surface area contributed by atoms with Gasteiger partial charge in [-0.05, 0) is 50.4 Å². The maximum atomic E-state index is 13.4. The second-order valence-electron chi connectivity index (χ2n) is 7.26. The summed E-state index contributed by atoms with van der Waals surface area (Å²) in [5.74, 6) is 0.548. The number of halogens is 1. The van der Waals surface area contributed by atoms with Crippen LogP contribution in [0.15, 0.2) is 48.8 Å². The Labute approximate surface area is 161 Å². The topological polar surface area (TPSA) is 59.0 Å². The van der Waals surface area contributed by atoms with E-state index in [1.807, 2.05) is 23.0 Å². The Kier molecular flexibility index (Phi) is 5.99. The minimum Gasteiger partial charge on any atom is -0.351 e. The van der Waals surface area contributed by atoms with Crippen molar-refractivity contribution in [1.29, 1.82) is 0 Å². The highest BCUT2D eigenvalue weighted by atomic mass is 35.5. The van der Waals surface area contributed by atoms with Crippen LogP contribution >= 0.6 is 12.4 Å². The van der Waals surface area contributed by atoms with Crippen molar-refractivity contribution in [2.75, 3.05) is 13.1 Å². The van der Waals surface area contributed by atoms with Crippen molar-refractivity contribution in [3.8, 4) is 0 Å². The molecule has 1 saturated carbocycles. The minimum atomic E-state index is -0.557. The zero-order chi connectivity index (χ0) is 17.1.